The van der Waals surface area contributed by atoms with Gasteiger partial charge >= 0.3 is 0 Å². The Kier molecular flexibility index (Phi) is 4.68. The van der Waals surface area contributed by atoms with E-state index in [0.29, 0.717) is 17.3 Å². The summed E-state index contributed by atoms with van der Waals surface area (Å²) < 4.78 is 0. The topological polar surface area (TPSA) is 83.8 Å². The lowest BCUT2D eigenvalue weighted by Crippen LogP contribution is -2.32. The van der Waals surface area contributed by atoms with Gasteiger partial charge in [0.2, 0.25) is 0 Å². The van der Waals surface area contributed by atoms with Gasteiger partial charge in [-0.25, -0.2) is 0 Å². The highest BCUT2D eigenvalue weighted by Crippen LogP contribution is 2.28. The average molecular weight is 278 g/mol. The van der Waals surface area contributed by atoms with E-state index in [1.54, 1.807) is 0 Å². The number of hydrogen-bond acceptors (Lipinski definition) is 3. The van der Waals surface area contributed by atoms with Gasteiger partial charge in [0.05, 0.1) is 11.4 Å². The minimum Gasteiger partial charge on any atom is -0.395 e. The average Bonchev–Trinajstić information content (AvgIpc) is 2.78. The number of nitrogens with one attached hydrogen (secondary N) is 2. The Morgan fingerprint density at radius 2 is 2.25 bits per heavy atom. The highest BCUT2D eigenvalue weighted by Gasteiger charge is 2.22. The van der Waals surface area contributed by atoms with Crippen LogP contribution in [0.15, 0.2) is 0 Å². The SMILES string of the molecule is CC1CCCC(CNC(=O)c2n[nH]c(C(C)C)c2N)C1. The third-order valence-corrected chi connectivity index (χ3v) is 4.22. The molecule has 2 rings (SSSR count). The second kappa shape index (κ2) is 6.29. The number of amides is 1. The Hall–Kier alpha value is -1.52. The summed E-state index contributed by atoms with van der Waals surface area (Å²) in [6, 6.07) is 0. The monoisotopic (exact) mass is 278 g/mol. The number of nitrogens with zero attached hydrogens (tertiary/aromatic N) is 1. The molecule has 0 bridgehead atoms. The molecule has 20 heavy (non-hydrogen) atoms. The lowest BCUT2D eigenvalue weighted by atomic mass is 9.82. The van der Waals surface area contributed by atoms with E-state index in [1.807, 2.05) is 13.8 Å². The number of anilines is 1. The molecule has 1 aliphatic carbocycles. The zero-order valence-corrected chi connectivity index (χ0v) is 12.7. The molecule has 112 valence electrons. The van der Waals surface area contributed by atoms with Crippen molar-refractivity contribution in [3.63, 3.8) is 0 Å². The zero-order chi connectivity index (χ0) is 14.7. The Balaban J connectivity index is 1.92. The van der Waals surface area contributed by atoms with Crippen LogP contribution in [0, 0.1) is 11.8 Å². The number of aromatic nitrogens is 2. The summed E-state index contributed by atoms with van der Waals surface area (Å²) in [6.07, 6.45) is 4.99. The van der Waals surface area contributed by atoms with Crippen LogP contribution in [-0.4, -0.2) is 22.6 Å². The number of nitrogens with two attached hydrogens (primary N) is 1. The van der Waals surface area contributed by atoms with E-state index in [1.165, 1.54) is 25.7 Å². The number of carbonyl (C=O) groups excluding carboxylic acids is 1. The van der Waals surface area contributed by atoms with Gasteiger partial charge in [0.25, 0.3) is 5.91 Å². The summed E-state index contributed by atoms with van der Waals surface area (Å²) in [4.78, 5) is 12.2. The van der Waals surface area contributed by atoms with Crippen molar-refractivity contribution < 1.29 is 4.79 Å². The van der Waals surface area contributed by atoms with E-state index in [-0.39, 0.29) is 11.8 Å². The summed E-state index contributed by atoms with van der Waals surface area (Å²) in [6.45, 7) is 7.06. The number of carbonyl (C=O) groups is 1. The van der Waals surface area contributed by atoms with Crippen molar-refractivity contribution in [1.82, 2.24) is 15.5 Å². The molecule has 1 heterocycles. The van der Waals surface area contributed by atoms with Gasteiger partial charge in [-0.05, 0) is 30.6 Å². The largest absolute Gasteiger partial charge is 0.395 e. The maximum Gasteiger partial charge on any atom is 0.273 e. The third-order valence-electron chi connectivity index (χ3n) is 4.22. The van der Waals surface area contributed by atoms with Crippen LogP contribution < -0.4 is 11.1 Å². The molecule has 1 amide bonds. The van der Waals surface area contributed by atoms with Crippen LogP contribution in [0.1, 0.15) is 68.6 Å². The van der Waals surface area contributed by atoms with E-state index in [0.717, 1.165) is 18.2 Å². The van der Waals surface area contributed by atoms with Crippen LogP contribution in [-0.2, 0) is 0 Å². The van der Waals surface area contributed by atoms with E-state index >= 15 is 0 Å². The predicted molar refractivity (Wildman–Crippen MR) is 80.5 cm³/mol. The Bertz CT molecular complexity index is 466. The molecule has 1 aromatic rings. The fourth-order valence-corrected chi connectivity index (χ4v) is 3.04. The van der Waals surface area contributed by atoms with Crippen LogP contribution in [0.2, 0.25) is 0 Å². The molecule has 0 radical (unpaired) electrons. The van der Waals surface area contributed by atoms with Crippen molar-refractivity contribution in [2.24, 2.45) is 11.8 Å². The predicted octanol–water partition coefficient (Wildman–Crippen LogP) is 2.67. The van der Waals surface area contributed by atoms with Gasteiger partial charge in [0.1, 0.15) is 0 Å². The minimum absolute atomic E-state index is 0.163. The molecule has 2 unspecified atom stereocenters. The van der Waals surface area contributed by atoms with Crippen molar-refractivity contribution in [2.75, 3.05) is 12.3 Å². The first-order chi connectivity index (χ1) is 9.49. The fraction of sp³-hybridized carbons (Fsp3) is 0.733. The maximum atomic E-state index is 12.2. The molecule has 0 aliphatic heterocycles. The molecule has 1 aliphatic rings. The standard InChI is InChI=1S/C15H26N4O/c1-9(2)13-12(16)14(19-18-13)15(20)17-8-11-6-4-5-10(3)7-11/h9-11H,4-8,16H2,1-3H3,(H,17,20)(H,18,19). The van der Waals surface area contributed by atoms with Gasteiger partial charge in [-0.3, -0.25) is 9.89 Å². The minimum atomic E-state index is -0.163. The summed E-state index contributed by atoms with van der Waals surface area (Å²) >= 11 is 0. The summed E-state index contributed by atoms with van der Waals surface area (Å²) in [7, 11) is 0. The second-order valence-corrected chi connectivity index (χ2v) is 6.40. The van der Waals surface area contributed by atoms with E-state index in [9.17, 15) is 4.79 Å². The van der Waals surface area contributed by atoms with Crippen molar-refractivity contribution in [2.45, 2.75) is 52.4 Å². The number of aromatic amines is 1. The molecule has 0 aromatic carbocycles. The van der Waals surface area contributed by atoms with Crippen LogP contribution in [0.3, 0.4) is 0 Å². The highest BCUT2D eigenvalue weighted by atomic mass is 16.1. The smallest absolute Gasteiger partial charge is 0.273 e. The number of hydrogen-bond donors (Lipinski definition) is 3. The van der Waals surface area contributed by atoms with Gasteiger partial charge in [0.15, 0.2) is 5.69 Å². The van der Waals surface area contributed by atoms with Crippen LogP contribution >= 0.6 is 0 Å². The molecule has 1 saturated carbocycles. The Morgan fingerprint density at radius 3 is 2.85 bits per heavy atom. The lowest BCUT2D eigenvalue weighted by Gasteiger charge is -2.26. The number of H-pyrrole nitrogens is 1. The van der Waals surface area contributed by atoms with Crippen LogP contribution in [0.25, 0.3) is 0 Å². The quantitative estimate of drug-likeness (QED) is 0.791. The lowest BCUT2D eigenvalue weighted by molar-refractivity contribution is 0.0936. The second-order valence-electron chi connectivity index (χ2n) is 6.40. The zero-order valence-electron chi connectivity index (χ0n) is 12.7. The molecule has 1 aromatic heterocycles. The first kappa shape index (κ1) is 14.9. The molecule has 4 N–H and O–H groups in total. The van der Waals surface area contributed by atoms with Gasteiger partial charge in [-0.15, -0.1) is 0 Å². The van der Waals surface area contributed by atoms with E-state index in [4.69, 9.17) is 5.73 Å². The Morgan fingerprint density at radius 1 is 1.50 bits per heavy atom. The first-order valence-corrected chi connectivity index (χ1v) is 7.61. The maximum absolute atomic E-state index is 12.2. The molecule has 1 fully saturated rings. The van der Waals surface area contributed by atoms with Gasteiger partial charge in [-0.1, -0.05) is 33.6 Å². The van der Waals surface area contributed by atoms with E-state index in [2.05, 4.69) is 22.4 Å². The highest BCUT2D eigenvalue weighted by molar-refractivity contribution is 5.97. The third kappa shape index (κ3) is 3.32. The van der Waals surface area contributed by atoms with Crippen LogP contribution in [0.5, 0.6) is 0 Å². The van der Waals surface area contributed by atoms with Crippen LogP contribution in [0.4, 0.5) is 5.69 Å². The Labute approximate surface area is 120 Å². The molecular formula is C15H26N4O. The normalized spacial score (nSPS) is 23.0. The number of rotatable bonds is 4. The van der Waals surface area contributed by atoms with Crippen molar-refractivity contribution in [3.8, 4) is 0 Å². The molecule has 0 spiro atoms. The summed E-state index contributed by atoms with van der Waals surface area (Å²) in [5.41, 5.74) is 7.63. The number of nitrogen functional groups attached to an aromatic ring is 1. The fourth-order valence-electron chi connectivity index (χ4n) is 3.04. The summed E-state index contributed by atoms with van der Waals surface area (Å²) in [5.74, 6) is 1.44. The van der Waals surface area contributed by atoms with Crippen molar-refractivity contribution in [3.05, 3.63) is 11.4 Å². The molecular weight excluding hydrogens is 252 g/mol. The van der Waals surface area contributed by atoms with Gasteiger partial charge in [-0.2, -0.15) is 5.10 Å². The summed E-state index contributed by atoms with van der Waals surface area (Å²) in [5, 5.41) is 9.90. The van der Waals surface area contributed by atoms with Crippen molar-refractivity contribution >= 4 is 11.6 Å². The van der Waals surface area contributed by atoms with Crippen molar-refractivity contribution in [1.29, 1.82) is 0 Å². The van der Waals surface area contributed by atoms with E-state index < -0.39 is 0 Å². The molecule has 2 atom stereocenters. The first-order valence-electron chi connectivity index (χ1n) is 7.61. The van der Waals surface area contributed by atoms with Gasteiger partial charge in [0, 0.05) is 6.54 Å². The molecule has 0 saturated heterocycles. The van der Waals surface area contributed by atoms with Gasteiger partial charge < -0.3 is 11.1 Å². The molecule has 5 heteroatoms. The molecule has 5 nitrogen and oxygen atoms in total.